The average molecular weight is 402 g/mol. The molecule has 0 unspecified atom stereocenters. The first-order valence-corrected chi connectivity index (χ1v) is 10.8. The van der Waals surface area contributed by atoms with Gasteiger partial charge in [0.2, 0.25) is 11.8 Å². The molecule has 1 aromatic carbocycles. The van der Waals surface area contributed by atoms with Crippen LogP contribution in [0.15, 0.2) is 34.2 Å². The predicted octanol–water partition coefficient (Wildman–Crippen LogP) is 4.06. The summed E-state index contributed by atoms with van der Waals surface area (Å²) in [6.07, 6.45) is 5.63. The van der Waals surface area contributed by atoms with E-state index in [1.165, 1.54) is 18.2 Å². The first-order valence-electron chi connectivity index (χ1n) is 9.84. The lowest BCUT2D eigenvalue weighted by Gasteiger charge is -2.26. The van der Waals surface area contributed by atoms with Crippen LogP contribution in [-0.2, 0) is 11.2 Å². The molecule has 0 aliphatic heterocycles. The molecule has 0 saturated heterocycles. The number of aromatic hydroxyl groups is 1. The van der Waals surface area contributed by atoms with E-state index in [2.05, 4.69) is 10.3 Å². The fraction of sp³-hybridized carbons (Fsp3) is 0.476. The molecule has 150 valence electrons. The Morgan fingerprint density at radius 3 is 2.68 bits per heavy atom. The van der Waals surface area contributed by atoms with Crippen molar-refractivity contribution in [3.8, 4) is 5.88 Å². The Balaban J connectivity index is 1.81. The number of nitrogens with zero attached hydrogens (tertiary/aromatic N) is 2. The first kappa shape index (κ1) is 20.5. The summed E-state index contributed by atoms with van der Waals surface area (Å²) in [7, 11) is 0. The number of amides is 1. The fourth-order valence-corrected chi connectivity index (χ4v) is 4.50. The third-order valence-electron chi connectivity index (χ3n) is 5.20. The maximum atomic E-state index is 13.0. The zero-order valence-electron chi connectivity index (χ0n) is 16.4. The van der Waals surface area contributed by atoms with E-state index in [9.17, 15) is 14.7 Å². The zero-order valence-corrected chi connectivity index (χ0v) is 17.2. The molecule has 1 aromatic heterocycles. The molecular weight excluding hydrogens is 374 g/mol. The summed E-state index contributed by atoms with van der Waals surface area (Å²) in [6.45, 7) is 3.78. The van der Waals surface area contributed by atoms with Gasteiger partial charge in [0.15, 0.2) is 5.16 Å². The van der Waals surface area contributed by atoms with Gasteiger partial charge in [0.1, 0.15) is 0 Å². The lowest BCUT2D eigenvalue weighted by Crippen LogP contribution is -2.31. The minimum Gasteiger partial charge on any atom is -0.493 e. The Morgan fingerprint density at radius 1 is 1.29 bits per heavy atom. The van der Waals surface area contributed by atoms with Gasteiger partial charge < -0.3 is 10.4 Å². The number of anilines is 1. The maximum absolute atomic E-state index is 13.0. The molecule has 0 bridgehead atoms. The highest BCUT2D eigenvalue weighted by atomic mass is 32.2. The molecule has 6 nitrogen and oxygen atoms in total. The van der Waals surface area contributed by atoms with Gasteiger partial charge in [-0.05, 0) is 37.8 Å². The van der Waals surface area contributed by atoms with E-state index in [1.54, 1.807) is 4.57 Å². The predicted molar refractivity (Wildman–Crippen MR) is 112 cm³/mol. The van der Waals surface area contributed by atoms with Crippen molar-refractivity contribution in [1.82, 2.24) is 9.55 Å². The highest BCUT2D eigenvalue weighted by Crippen LogP contribution is 2.31. The van der Waals surface area contributed by atoms with Crippen LogP contribution in [0, 0.1) is 6.92 Å². The molecule has 3 rings (SSSR count). The molecule has 1 aliphatic rings. The standard InChI is InChI=1S/C21H27N3O3S/c1-3-16-19(26)23-21(24(20(16)27)15-10-5-4-6-11-15)28-13-18(25)22-17-12-8-7-9-14(17)2/h7-9,12,15,26H,3-6,10-11,13H2,1-2H3,(H,22,25). The van der Waals surface area contributed by atoms with Crippen LogP contribution in [0.1, 0.15) is 56.2 Å². The Morgan fingerprint density at radius 2 is 2.00 bits per heavy atom. The topological polar surface area (TPSA) is 84.2 Å². The lowest BCUT2D eigenvalue weighted by atomic mass is 9.95. The molecule has 1 heterocycles. The van der Waals surface area contributed by atoms with Gasteiger partial charge in [0.05, 0.1) is 11.3 Å². The van der Waals surface area contributed by atoms with Crippen LogP contribution in [0.5, 0.6) is 5.88 Å². The van der Waals surface area contributed by atoms with E-state index in [0.29, 0.717) is 17.1 Å². The van der Waals surface area contributed by atoms with E-state index >= 15 is 0 Å². The maximum Gasteiger partial charge on any atom is 0.261 e. The quantitative estimate of drug-likeness (QED) is 0.563. The number of hydrogen-bond acceptors (Lipinski definition) is 5. The van der Waals surface area contributed by atoms with Crippen molar-refractivity contribution in [2.45, 2.75) is 63.6 Å². The molecule has 7 heteroatoms. The van der Waals surface area contributed by atoms with Crippen molar-refractivity contribution >= 4 is 23.4 Å². The van der Waals surface area contributed by atoms with Crippen LogP contribution in [0.2, 0.25) is 0 Å². The number of para-hydroxylation sites is 1. The van der Waals surface area contributed by atoms with E-state index < -0.39 is 0 Å². The molecule has 0 spiro atoms. The molecule has 1 aliphatic carbocycles. The van der Waals surface area contributed by atoms with E-state index in [0.717, 1.165) is 36.9 Å². The number of thioether (sulfide) groups is 1. The summed E-state index contributed by atoms with van der Waals surface area (Å²) < 4.78 is 1.71. The average Bonchev–Trinajstić information content (AvgIpc) is 2.69. The van der Waals surface area contributed by atoms with E-state index in [4.69, 9.17) is 0 Å². The van der Waals surface area contributed by atoms with Gasteiger partial charge >= 0.3 is 0 Å². The number of aryl methyl sites for hydroxylation is 1. The van der Waals surface area contributed by atoms with Gasteiger partial charge in [-0.2, -0.15) is 4.98 Å². The lowest BCUT2D eigenvalue weighted by molar-refractivity contribution is -0.113. The molecule has 0 radical (unpaired) electrons. The Bertz CT molecular complexity index is 904. The van der Waals surface area contributed by atoms with Gasteiger partial charge in [-0.25, -0.2) is 0 Å². The molecule has 1 fully saturated rings. The second-order valence-corrected chi connectivity index (χ2v) is 8.11. The highest BCUT2D eigenvalue weighted by molar-refractivity contribution is 7.99. The second kappa shape index (κ2) is 9.28. The van der Waals surface area contributed by atoms with Crippen molar-refractivity contribution < 1.29 is 9.90 Å². The highest BCUT2D eigenvalue weighted by Gasteiger charge is 2.24. The molecule has 1 amide bonds. The normalized spacial score (nSPS) is 14.8. The second-order valence-electron chi connectivity index (χ2n) is 7.17. The van der Waals surface area contributed by atoms with Crippen molar-refractivity contribution in [3.05, 3.63) is 45.7 Å². The van der Waals surface area contributed by atoms with Crippen molar-refractivity contribution in [2.75, 3.05) is 11.1 Å². The van der Waals surface area contributed by atoms with Crippen molar-refractivity contribution in [1.29, 1.82) is 0 Å². The van der Waals surface area contributed by atoms with Crippen LogP contribution in [-0.4, -0.2) is 26.3 Å². The van der Waals surface area contributed by atoms with Crippen molar-refractivity contribution in [2.24, 2.45) is 0 Å². The molecule has 1 saturated carbocycles. The van der Waals surface area contributed by atoms with Crippen LogP contribution < -0.4 is 10.9 Å². The Hall–Kier alpha value is -2.28. The van der Waals surface area contributed by atoms with Gasteiger partial charge in [0.25, 0.3) is 5.56 Å². The number of carbonyl (C=O) groups excluding carboxylic acids is 1. The smallest absolute Gasteiger partial charge is 0.261 e. The summed E-state index contributed by atoms with van der Waals surface area (Å²) in [4.78, 5) is 29.7. The number of nitrogens with one attached hydrogen (secondary N) is 1. The molecule has 0 atom stereocenters. The molecule has 28 heavy (non-hydrogen) atoms. The van der Waals surface area contributed by atoms with Crippen LogP contribution in [0.3, 0.4) is 0 Å². The fourth-order valence-electron chi connectivity index (χ4n) is 3.64. The first-order chi connectivity index (χ1) is 13.5. The van der Waals surface area contributed by atoms with E-state index in [1.807, 2.05) is 38.1 Å². The van der Waals surface area contributed by atoms with Crippen LogP contribution in [0.4, 0.5) is 5.69 Å². The molecule has 2 N–H and O–H groups in total. The summed E-state index contributed by atoms with van der Waals surface area (Å²) in [5, 5.41) is 13.5. The Kier molecular flexibility index (Phi) is 6.78. The third kappa shape index (κ3) is 4.58. The van der Waals surface area contributed by atoms with Gasteiger partial charge in [-0.3, -0.25) is 14.2 Å². The number of rotatable bonds is 6. The zero-order chi connectivity index (χ0) is 20.1. The molecular formula is C21H27N3O3S. The SMILES string of the molecule is CCc1c(O)nc(SCC(=O)Nc2ccccc2C)n(C2CCCCC2)c1=O. The summed E-state index contributed by atoms with van der Waals surface area (Å²) >= 11 is 1.20. The van der Waals surface area contributed by atoms with Crippen molar-refractivity contribution in [3.63, 3.8) is 0 Å². The molecule has 2 aromatic rings. The minimum absolute atomic E-state index is 0.0848. The van der Waals surface area contributed by atoms with Gasteiger partial charge in [-0.1, -0.05) is 56.1 Å². The number of carbonyl (C=O) groups is 1. The summed E-state index contributed by atoms with van der Waals surface area (Å²) in [6, 6.07) is 7.67. The third-order valence-corrected chi connectivity index (χ3v) is 6.15. The minimum atomic E-state index is -0.221. The monoisotopic (exact) mass is 401 g/mol. The number of benzene rings is 1. The van der Waals surface area contributed by atoms with E-state index in [-0.39, 0.29) is 29.1 Å². The summed E-state index contributed by atoms with van der Waals surface area (Å²) in [5.74, 6) is -0.262. The largest absolute Gasteiger partial charge is 0.493 e. The number of hydrogen-bond donors (Lipinski definition) is 2. The van der Waals surface area contributed by atoms with Crippen LogP contribution >= 0.6 is 11.8 Å². The Labute approximate surface area is 169 Å². The van der Waals surface area contributed by atoms with Crippen LogP contribution in [0.25, 0.3) is 0 Å². The van der Waals surface area contributed by atoms with Gasteiger partial charge in [-0.15, -0.1) is 0 Å². The van der Waals surface area contributed by atoms with Gasteiger partial charge in [0, 0.05) is 11.7 Å². The summed E-state index contributed by atoms with van der Waals surface area (Å²) in [5.41, 5.74) is 1.93. The number of aromatic nitrogens is 2.